The molecule has 11 nitrogen and oxygen atoms in total. The van der Waals surface area contributed by atoms with E-state index >= 15 is 0 Å². The van der Waals surface area contributed by atoms with E-state index < -0.39 is 104 Å². The van der Waals surface area contributed by atoms with Crippen molar-refractivity contribution in [3.8, 4) is 0 Å². The number of ether oxygens (including phenoxy) is 6. The summed E-state index contributed by atoms with van der Waals surface area (Å²) in [4.78, 5) is 10.5. The summed E-state index contributed by atoms with van der Waals surface area (Å²) in [5.74, 6) is -10.0. The van der Waals surface area contributed by atoms with Crippen LogP contribution in [0.15, 0.2) is 9.66 Å². The molecule has 0 aromatic rings. The Morgan fingerprint density at radius 1 is 0.952 bits per heavy atom. The molecule has 3 saturated heterocycles. The van der Waals surface area contributed by atoms with Crippen LogP contribution in [0.25, 0.3) is 0 Å². The van der Waals surface area contributed by atoms with Gasteiger partial charge in [0.1, 0.15) is 24.4 Å². The number of hydrogen-bond acceptors (Lipinski definition) is 10. The average molecular weight is 764 g/mol. The molecule has 21 heteroatoms. The van der Waals surface area contributed by atoms with Gasteiger partial charge >= 0.3 is 39.5 Å². The SMILES string of the molecule is CC1(C)OCC([C@H]2O[C@@H]3OC(C)(C)OC3[C@H]2OS(=O)(=O)C(F)(F)C(F)(F)OC(F)(F)C(F)(F)C=C(I)CCC(=O)O)O1. The van der Waals surface area contributed by atoms with Crippen molar-refractivity contribution in [2.75, 3.05) is 6.61 Å². The molecule has 0 spiro atoms. The van der Waals surface area contributed by atoms with Crippen LogP contribution in [0.1, 0.15) is 40.5 Å². The molecule has 3 rings (SSSR count). The van der Waals surface area contributed by atoms with Gasteiger partial charge in [-0.15, -0.1) is 0 Å². The Kier molecular flexibility index (Phi) is 9.68. The van der Waals surface area contributed by atoms with Gasteiger partial charge in [0.25, 0.3) is 0 Å². The minimum absolute atomic E-state index is 0.323. The van der Waals surface area contributed by atoms with Gasteiger partial charge in [-0.05, 0) is 60.3 Å². The number of rotatable bonds is 12. The van der Waals surface area contributed by atoms with Gasteiger partial charge < -0.3 is 28.8 Å². The van der Waals surface area contributed by atoms with E-state index in [1.165, 1.54) is 27.7 Å². The zero-order valence-electron chi connectivity index (χ0n) is 21.9. The molecule has 0 aromatic carbocycles. The minimum Gasteiger partial charge on any atom is -0.481 e. The number of carboxylic acids is 1. The highest BCUT2D eigenvalue weighted by Crippen LogP contribution is 2.50. The van der Waals surface area contributed by atoms with E-state index in [2.05, 4.69) is 8.92 Å². The van der Waals surface area contributed by atoms with Gasteiger partial charge in [-0.25, -0.2) is 4.74 Å². The molecule has 3 aliphatic heterocycles. The van der Waals surface area contributed by atoms with Crippen molar-refractivity contribution in [3.05, 3.63) is 9.66 Å². The van der Waals surface area contributed by atoms with Crippen LogP contribution < -0.4 is 0 Å². The van der Waals surface area contributed by atoms with E-state index in [9.17, 15) is 48.3 Å². The molecule has 5 atom stereocenters. The van der Waals surface area contributed by atoms with Gasteiger partial charge in [-0.2, -0.15) is 43.5 Å². The number of fused-ring (bicyclic) bond motifs is 1. The first-order chi connectivity index (χ1) is 18.7. The Morgan fingerprint density at radius 3 is 2.07 bits per heavy atom. The second kappa shape index (κ2) is 11.4. The Hall–Kier alpha value is -0.950. The highest BCUT2D eigenvalue weighted by atomic mass is 127. The molecule has 2 unspecified atom stereocenters. The van der Waals surface area contributed by atoms with Gasteiger partial charge in [-0.1, -0.05) is 0 Å². The first-order valence-corrected chi connectivity index (χ1v) is 14.3. The summed E-state index contributed by atoms with van der Waals surface area (Å²) in [7, 11) is -7.01. The molecule has 42 heavy (non-hydrogen) atoms. The highest BCUT2D eigenvalue weighted by molar-refractivity contribution is 14.1. The molecule has 244 valence electrons. The lowest BCUT2D eigenvalue weighted by Gasteiger charge is -2.33. The molecule has 0 bridgehead atoms. The highest BCUT2D eigenvalue weighted by Gasteiger charge is 2.75. The Bertz CT molecular complexity index is 1180. The van der Waals surface area contributed by atoms with Crippen LogP contribution in [0.5, 0.6) is 0 Å². The van der Waals surface area contributed by atoms with Crippen LogP contribution in [-0.2, 0) is 47.5 Å². The number of allylic oxidation sites excluding steroid dienone is 1. The lowest BCUT2D eigenvalue weighted by atomic mass is 10.1. The summed E-state index contributed by atoms with van der Waals surface area (Å²) >= 11 is 0.992. The zero-order chi connectivity index (χ0) is 32.3. The van der Waals surface area contributed by atoms with E-state index in [-0.39, 0.29) is 6.61 Å². The van der Waals surface area contributed by atoms with Crippen molar-refractivity contribution in [1.82, 2.24) is 0 Å². The van der Waals surface area contributed by atoms with E-state index in [0.717, 1.165) is 22.6 Å². The molecule has 0 radical (unpaired) electrons. The van der Waals surface area contributed by atoms with Gasteiger partial charge in [0, 0.05) is 12.5 Å². The number of carboxylic acid groups (broad SMARTS) is 1. The molecule has 3 aliphatic rings. The molecule has 3 heterocycles. The van der Waals surface area contributed by atoms with Crippen molar-refractivity contribution >= 4 is 38.7 Å². The lowest BCUT2D eigenvalue weighted by molar-refractivity contribution is -0.448. The van der Waals surface area contributed by atoms with Crippen LogP contribution in [-0.4, -0.2) is 91.8 Å². The predicted molar refractivity (Wildman–Crippen MR) is 127 cm³/mol. The van der Waals surface area contributed by atoms with Crippen molar-refractivity contribution in [2.45, 2.75) is 106 Å². The van der Waals surface area contributed by atoms with Crippen molar-refractivity contribution in [1.29, 1.82) is 0 Å². The van der Waals surface area contributed by atoms with E-state index in [0.29, 0.717) is 0 Å². The van der Waals surface area contributed by atoms with Gasteiger partial charge in [-0.3, -0.25) is 8.98 Å². The maximum absolute atomic E-state index is 14.7. The van der Waals surface area contributed by atoms with Crippen molar-refractivity contribution in [2.24, 2.45) is 0 Å². The maximum atomic E-state index is 14.7. The summed E-state index contributed by atoms with van der Waals surface area (Å²) in [5.41, 5.74) is 0. The molecule has 0 saturated carbocycles. The smallest absolute Gasteiger partial charge is 0.460 e. The third-order valence-corrected chi connectivity index (χ3v) is 8.07. The second-order valence-corrected chi connectivity index (χ2v) is 13.2. The quantitative estimate of drug-likeness (QED) is 0.173. The summed E-state index contributed by atoms with van der Waals surface area (Å²) in [6, 6.07) is 0. The standard InChI is InChI=1S/C21H25F8IO11S/c1-16(2)35-8-10(37-16)12-13(14-15(36-12)39-17(3,4)38-14)40-42(33,34)21(28,29)20(26,27)41-19(24,25)18(22,23)7-9(30)5-6-11(31)32/h7,10,12-15H,5-6,8H2,1-4H3,(H,31,32)/t10?,12-,13+,14?,15-/m1/s1. The monoisotopic (exact) mass is 764 g/mol. The van der Waals surface area contributed by atoms with Gasteiger partial charge in [0.2, 0.25) is 0 Å². The van der Waals surface area contributed by atoms with E-state index in [1.54, 1.807) is 0 Å². The number of alkyl halides is 8. The maximum Gasteiger partial charge on any atom is 0.460 e. The normalized spacial score (nSPS) is 30.5. The summed E-state index contributed by atoms with van der Waals surface area (Å²) < 4.78 is 173. The molecule has 0 aliphatic carbocycles. The fourth-order valence-electron chi connectivity index (χ4n) is 4.01. The third-order valence-electron chi connectivity index (χ3n) is 5.87. The van der Waals surface area contributed by atoms with Crippen molar-refractivity contribution < 1.29 is 86.0 Å². The zero-order valence-corrected chi connectivity index (χ0v) is 24.9. The molecule has 1 N–H and O–H groups in total. The lowest BCUT2D eigenvalue weighted by Crippen LogP contribution is -2.57. The first kappa shape index (κ1) is 35.5. The Morgan fingerprint density at radius 2 is 1.55 bits per heavy atom. The summed E-state index contributed by atoms with van der Waals surface area (Å²) in [6.07, 6.45) is -23.7. The largest absolute Gasteiger partial charge is 0.481 e. The first-order valence-electron chi connectivity index (χ1n) is 11.8. The van der Waals surface area contributed by atoms with Gasteiger partial charge in [0.15, 0.2) is 17.9 Å². The van der Waals surface area contributed by atoms with Crippen LogP contribution in [0.3, 0.4) is 0 Å². The van der Waals surface area contributed by atoms with Crippen LogP contribution in [0.2, 0.25) is 0 Å². The number of hydrogen-bond donors (Lipinski definition) is 1. The number of carbonyl (C=O) groups is 1. The minimum atomic E-state index is -7.01. The van der Waals surface area contributed by atoms with E-state index in [4.69, 9.17) is 28.8 Å². The summed E-state index contributed by atoms with van der Waals surface area (Å²) in [6.45, 7) is 5.15. The fraction of sp³-hybridized carbons (Fsp3) is 0.857. The molecule has 0 aromatic heterocycles. The van der Waals surface area contributed by atoms with Gasteiger partial charge in [0.05, 0.1) is 6.61 Å². The topological polar surface area (TPSA) is 136 Å². The average Bonchev–Trinajstić information content (AvgIpc) is 3.40. The van der Waals surface area contributed by atoms with Crippen LogP contribution in [0, 0.1) is 0 Å². The predicted octanol–water partition coefficient (Wildman–Crippen LogP) is 4.34. The van der Waals surface area contributed by atoms with Crippen LogP contribution >= 0.6 is 22.6 Å². The Balaban J connectivity index is 1.86. The third kappa shape index (κ3) is 7.29. The van der Waals surface area contributed by atoms with E-state index in [1.807, 2.05) is 0 Å². The molecular formula is C21H25F8IO11S. The molecule has 0 amide bonds. The van der Waals surface area contributed by atoms with Crippen molar-refractivity contribution in [3.63, 3.8) is 0 Å². The summed E-state index contributed by atoms with van der Waals surface area (Å²) in [5, 5.41) is 1.85. The Labute approximate surface area is 247 Å². The molecule has 3 fully saturated rings. The fourth-order valence-corrected chi connectivity index (χ4v) is 5.64. The number of aliphatic carboxylic acids is 1. The van der Waals surface area contributed by atoms with Crippen LogP contribution in [0.4, 0.5) is 35.1 Å². The second-order valence-electron chi connectivity index (χ2n) is 10.2. The number of halogens is 9. The molecular weight excluding hydrogens is 739 g/mol.